The lowest BCUT2D eigenvalue weighted by atomic mass is 9.94. The molecule has 2 aliphatic rings. The van der Waals surface area contributed by atoms with Gasteiger partial charge in [0.2, 0.25) is 5.91 Å². The summed E-state index contributed by atoms with van der Waals surface area (Å²) in [6.45, 7) is 5.85. The number of amides is 2. The van der Waals surface area contributed by atoms with Crippen LogP contribution in [0.5, 0.6) is 5.75 Å². The van der Waals surface area contributed by atoms with Gasteiger partial charge in [0, 0.05) is 18.7 Å². The van der Waals surface area contributed by atoms with Crippen molar-refractivity contribution in [2.45, 2.75) is 50.9 Å². The Balaban J connectivity index is 1.44. The lowest BCUT2D eigenvalue weighted by Crippen LogP contribution is -2.43. The molecule has 2 aliphatic heterocycles. The van der Waals surface area contributed by atoms with Gasteiger partial charge in [-0.2, -0.15) is 5.26 Å². The standard InChI is InChI=1S/C29H34F2N4O4/c1-29(2,31)17-35-10-8-18(9-11-35)16-39-21-6-7-22(19(12-21)14-32)23-4-3-5-24(30)26(23)28(38)34-27(37)25-13-20(36)15-33-25/h3-7,12,18,20,25,33,36H,8-11,13,15-17H2,1-2H3,(H,34,37,38)/t20-,25+/m1/s1. The molecule has 2 atom stereocenters. The number of nitrogens with zero attached hydrogens (tertiary/aromatic N) is 2. The molecule has 0 spiro atoms. The maximum atomic E-state index is 14.9. The quantitative estimate of drug-likeness (QED) is 0.441. The van der Waals surface area contributed by atoms with Gasteiger partial charge in [-0.3, -0.25) is 14.9 Å². The number of hydrogen-bond donors (Lipinski definition) is 3. The molecule has 2 fully saturated rings. The molecule has 0 saturated carbocycles. The van der Waals surface area contributed by atoms with Gasteiger partial charge in [-0.05, 0) is 81.9 Å². The number of hydrogen-bond acceptors (Lipinski definition) is 7. The van der Waals surface area contributed by atoms with Crippen molar-refractivity contribution in [3.63, 3.8) is 0 Å². The Morgan fingerprint density at radius 2 is 1.97 bits per heavy atom. The molecule has 208 valence electrons. The number of nitriles is 1. The van der Waals surface area contributed by atoms with Gasteiger partial charge in [-0.15, -0.1) is 0 Å². The molecule has 8 nitrogen and oxygen atoms in total. The summed E-state index contributed by atoms with van der Waals surface area (Å²) in [5.74, 6) is -1.63. The van der Waals surface area contributed by atoms with Crippen molar-refractivity contribution < 1.29 is 28.2 Å². The van der Waals surface area contributed by atoms with E-state index in [4.69, 9.17) is 4.74 Å². The Morgan fingerprint density at radius 3 is 2.62 bits per heavy atom. The van der Waals surface area contributed by atoms with Gasteiger partial charge in [0.05, 0.1) is 35.9 Å². The first-order valence-electron chi connectivity index (χ1n) is 13.2. The zero-order valence-corrected chi connectivity index (χ0v) is 22.2. The van der Waals surface area contributed by atoms with Gasteiger partial charge in [-0.25, -0.2) is 8.78 Å². The van der Waals surface area contributed by atoms with Crippen LogP contribution >= 0.6 is 0 Å². The molecule has 0 aliphatic carbocycles. The van der Waals surface area contributed by atoms with Crippen LogP contribution in [0.3, 0.4) is 0 Å². The predicted octanol–water partition coefficient (Wildman–Crippen LogP) is 3.18. The molecule has 4 rings (SSSR count). The maximum Gasteiger partial charge on any atom is 0.261 e. The van der Waals surface area contributed by atoms with Crippen LogP contribution < -0.4 is 15.4 Å². The summed E-state index contributed by atoms with van der Waals surface area (Å²) in [5.41, 5.74) is -0.880. The number of β-amino-alcohol motifs (C(OH)–C–C–N with tert-alkyl or cyclic N) is 1. The van der Waals surface area contributed by atoms with E-state index in [1.807, 2.05) is 0 Å². The number of halogens is 2. The van der Waals surface area contributed by atoms with E-state index in [0.717, 1.165) is 32.0 Å². The highest BCUT2D eigenvalue weighted by Crippen LogP contribution is 2.32. The zero-order chi connectivity index (χ0) is 28.2. The second-order valence-corrected chi connectivity index (χ2v) is 10.9. The molecule has 0 aromatic heterocycles. The van der Waals surface area contributed by atoms with Crippen LogP contribution in [0.25, 0.3) is 11.1 Å². The van der Waals surface area contributed by atoms with Gasteiger partial charge in [-0.1, -0.05) is 12.1 Å². The highest BCUT2D eigenvalue weighted by molar-refractivity contribution is 6.10. The maximum absolute atomic E-state index is 14.9. The summed E-state index contributed by atoms with van der Waals surface area (Å²) < 4.78 is 34.8. The molecule has 0 unspecified atom stereocenters. The van der Waals surface area contributed by atoms with Gasteiger partial charge in [0.1, 0.15) is 17.2 Å². The SMILES string of the molecule is CC(C)(F)CN1CCC(COc2ccc(-c3cccc(F)c3C(=O)NC(=O)[C@@H]3C[C@@H](O)CN3)c(C#N)c2)CC1. The minimum atomic E-state index is -1.23. The number of rotatable bonds is 8. The minimum absolute atomic E-state index is 0.151. The van der Waals surface area contributed by atoms with Gasteiger partial charge < -0.3 is 20.1 Å². The average molecular weight is 541 g/mol. The van der Waals surface area contributed by atoms with Crippen LogP contribution in [0.1, 0.15) is 49.0 Å². The first-order chi connectivity index (χ1) is 18.5. The third kappa shape index (κ3) is 7.38. The van der Waals surface area contributed by atoms with Crippen molar-refractivity contribution in [3.8, 4) is 22.9 Å². The average Bonchev–Trinajstić information content (AvgIpc) is 3.33. The summed E-state index contributed by atoms with van der Waals surface area (Å²) in [5, 5.41) is 24.5. The third-order valence-electron chi connectivity index (χ3n) is 7.10. The second-order valence-electron chi connectivity index (χ2n) is 10.9. The number of alkyl halides is 1. The Kier molecular flexibility index (Phi) is 8.95. The molecule has 2 amide bonds. The lowest BCUT2D eigenvalue weighted by Gasteiger charge is -2.34. The highest BCUT2D eigenvalue weighted by Gasteiger charge is 2.31. The van der Waals surface area contributed by atoms with E-state index in [-0.39, 0.29) is 29.7 Å². The molecule has 2 aromatic rings. The monoisotopic (exact) mass is 540 g/mol. The predicted molar refractivity (Wildman–Crippen MR) is 141 cm³/mol. The number of nitrogens with one attached hydrogen (secondary N) is 2. The minimum Gasteiger partial charge on any atom is -0.493 e. The molecule has 3 N–H and O–H groups in total. The fraction of sp³-hybridized carbons (Fsp3) is 0.483. The van der Waals surface area contributed by atoms with Crippen molar-refractivity contribution in [2.24, 2.45) is 5.92 Å². The summed E-state index contributed by atoms with van der Waals surface area (Å²) in [6.07, 6.45) is 1.22. The van der Waals surface area contributed by atoms with E-state index in [1.165, 1.54) is 12.1 Å². The molecule has 2 saturated heterocycles. The topological polar surface area (TPSA) is 115 Å². The van der Waals surface area contributed by atoms with Crippen LogP contribution in [0, 0.1) is 23.1 Å². The number of piperidine rings is 1. The Bertz CT molecular complexity index is 1250. The molecular formula is C29H34F2N4O4. The number of carbonyl (C=O) groups is 2. The summed E-state index contributed by atoms with van der Waals surface area (Å²) >= 11 is 0. The van der Waals surface area contributed by atoms with E-state index in [9.17, 15) is 28.7 Å². The van der Waals surface area contributed by atoms with E-state index < -0.39 is 35.4 Å². The number of imide groups is 1. The molecule has 2 heterocycles. The largest absolute Gasteiger partial charge is 0.493 e. The van der Waals surface area contributed by atoms with Crippen molar-refractivity contribution >= 4 is 11.8 Å². The normalized spacial score (nSPS) is 20.4. The first kappa shape index (κ1) is 28.6. The number of aliphatic hydroxyl groups excluding tert-OH is 1. The number of ether oxygens (including phenoxy) is 1. The second kappa shape index (κ2) is 12.2. The van der Waals surface area contributed by atoms with E-state index in [1.54, 1.807) is 32.0 Å². The van der Waals surface area contributed by atoms with Crippen LogP contribution in [-0.2, 0) is 4.79 Å². The number of benzene rings is 2. The van der Waals surface area contributed by atoms with Crippen molar-refractivity contribution in [1.82, 2.24) is 15.5 Å². The van der Waals surface area contributed by atoms with Crippen molar-refractivity contribution in [2.75, 3.05) is 32.8 Å². The molecular weight excluding hydrogens is 506 g/mol. The lowest BCUT2D eigenvalue weighted by molar-refractivity contribution is -0.121. The summed E-state index contributed by atoms with van der Waals surface area (Å²) in [6, 6.07) is 10.2. The van der Waals surface area contributed by atoms with E-state index in [2.05, 4.69) is 21.6 Å². The summed E-state index contributed by atoms with van der Waals surface area (Å²) in [7, 11) is 0. The van der Waals surface area contributed by atoms with Crippen LogP contribution in [0.4, 0.5) is 8.78 Å². The molecule has 39 heavy (non-hydrogen) atoms. The Hall–Kier alpha value is -3.39. The molecule has 10 heteroatoms. The highest BCUT2D eigenvalue weighted by atomic mass is 19.1. The first-order valence-corrected chi connectivity index (χ1v) is 13.2. The molecule has 2 aromatic carbocycles. The third-order valence-corrected chi connectivity index (χ3v) is 7.10. The van der Waals surface area contributed by atoms with Crippen LogP contribution in [-0.4, -0.2) is 72.4 Å². The zero-order valence-electron chi connectivity index (χ0n) is 22.2. The van der Waals surface area contributed by atoms with Gasteiger partial charge >= 0.3 is 0 Å². The summed E-state index contributed by atoms with van der Waals surface area (Å²) in [4.78, 5) is 27.5. The number of aliphatic hydroxyl groups is 1. The van der Waals surface area contributed by atoms with Crippen LogP contribution in [0.2, 0.25) is 0 Å². The van der Waals surface area contributed by atoms with Gasteiger partial charge in [0.15, 0.2) is 0 Å². The Labute approximate surface area is 226 Å². The fourth-order valence-electron chi connectivity index (χ4n) is 5.16. The van der Waals surface area contributed by atoms with Crippen LogP contribution in [0.15, 0.2) is 36.4 Å². The van der Waals surface area contributed by atoms with Crippen molar-refractivity contribution in [3.05, 3.63) is 53.3 Å². The number of likely N-dealkylation sites (tertiary alicyclic amines) is 1. The fourth-order valence-corrected chi connectivity index (χ4v) is 5.16. The smallest absolute Gasteiger partial charge is 0.261 e. The van der Waals surface area contributed by atoms with E-state index in [0.29, 0.717) is 30.4 Å². The van der Waals surface area contributed by atoms with Crippen molar-refractivity contribution in [1.29, 1.82) is 5.26 Å². The van der Waals surface area contributed by atoms with Gasteiger partial charge in [0.25, 0.3) is 5.91 Å². The Morgan fingerprint density at radius 1 is 1.23 bits per heavy atom. The number of carbonyl (C=O) groups excluding carboxylic acids is 2. The molecule has 0 bridgehead atoms. The van der Waals surface area contributed by atoms with E-state index >= 15 is 0 Å². The molecule has 0 radical (unpaired) electrons.